The molecule has 53 heteroatoms. The molecular formula is C84H58Cl14FN21O16Si. The second-order valence-electron chi connectivity index (χ2n) is 27.3. The zero-order valence-electron chi connectivity index (χ0n) is 70.2. The molecular weight excluding hydrogens is 2100 g/mol. The van der Waals surface area contributed by atoms with Crippen LogP contribution in [0.25, 0.3) is 55.9 Å². The molecule has 704 valence electrons. The van der Waals surface area contributed by atoms with E-state index in [1.807, 2.05) is 6.20 Å². The van der Waals surface area contributed by atoms with E-state index in [2.05, 4.69) is 91.5 Å². The number of ketones is 2. The highest BCUT2D eigenvalue weighted by Crippen LogP contribution is 2.32. The molecule has 0 aliphatic carbocycles. The van der Waals surface area contributed by atoms with Crippen molar-refractivity contribution in [1.82, 2.24) is 90.0 Å². The topological polar surface area (TPSA) is 482 Å². The number of allylic oxidation sites excluding steroid dienone is 1. The van der Waals surface area contributed by atoms with Gasteiger partial charge in [-0.05, 0) is 157 Å². The van der Waals surface area contributed by atoms with Gasteiger partial charge in [-0.1, -0.05) is 213 Å². The zero-order chi connectivity index (χ0) is 101. The number of carboxylic acid groups (broad SMARTS) is 1. The summed E-state index contributed by atoms with van der Waals surface area (Å²) in [5.41, 5.74) is 13.1. The summed E-state index contributed by atoms with van der Waals surface area (Å²) >= 11 is 80.0. The van der Waals surface area contributed by atoms with Gasteiger partial charge in [0.15, 0.2) is 56.7 Å². The van der Waals surface area contributed by atoms with Crippen molar-refractivity contribution in [2.75, 3.05) is 7.11 Å². The summed E-state index contributed by atoms with van der Waals surface area (Å²) < 4.78 is 40.5. The Morgan fingerprint density at radius 3 is 1.22 bits per heavy atom. The van der Waals surface area contributed by atoms with Crippen molar-refractivity contribution >= 4 is 241 Å². The highest BCUT2D eigenvalue weighted by molar-refractivity contribution is 6.88. The van der Waals surface area contributed by atoms with Crippen molar-refractivity contribution in [3.8, 4) is 51.2 Å². The first-order valence-electron chi connectivity index (χ1n) is 37.5. The quantitative estimate of drug-likeness (QED) is 0.00563. The van der Waals surface area contributed by atoms with E-state index >= 15 is 0 Å². The number of benzene rings is 8. The van der Waals surface area contributed by atoms with Crippen molar-refractivity contribution in [3.05, 3.63) is 338 Å². The van der Waals surface area contributed by atoms with Crippen LogP contribution in [0.3, 0.4) is 0 Å². The maximum Gasteiger partial charge on any atom is 0.337 e. The van der Waals surface area contributed by atoms with Crippen LogP contribution in [0.15, 0.2) is 221 Å². The van der Waals surface area contributed by atoms with Crippen LogP contribution in [-0.4, -0.2) is 170 Å². The third-order valence-corrected chi connectivity index (χ3v) is 21.3. The predicted octanol–water partition coefficient (Wildman–Crippen LogP) is 21.2. The number of aldehydes is 4. The van der Waals surface area contributed by atoms with Gasteiger partial charge in [0.05, 0.1) is 101 Å². The van der Waals surface area contributed by atoms with Crippen molar-refractivity contribution in [3.63, 3.8) is 0 Å². The second-order valence-corrected chi connectivity index (χ2v) is 38.1. The maximum atomic E-state index is 12.6. The molecule has 0 unspecified atom stereocenters. The number of methoxy groups -OCH3 is 1. The lowest BCUT2D eigenvalue weighted by atomic mass is 10.0. The van der Waals surface area contributed by atoms with Crippen LogP contribution >= 0.6 is 162 Å². The Balaban J connectivity index is 0.000000195. The summed E-state index contributed by atoms with van der Waals surface area (Å²) in [7, 11) is -0.213. The van der Waals surface area contributed by atoms with Crippen LogP contribution in [0, 0.1) is 5.82 Å². The third kappa shape index (κ3) is 32.7. The SMILES string of the molecule is CC(=O)Oc1coc(-c2cc(Cl)ccc2-n2cc(Cl)nn2)cc1=O.CO/C=C(\OC(C)=O)C(=O)CC(=O)c1cc(Cl)ccc1-n1cc(Cl)nn1.C[Si](C)(C)c1cn(-c2ccc(Cl)cc2C=O)nn1.O=C(Cl)c1cc(Cl)ccc1-n1cc(Cl)nn1.O=C(O)c1cc(Cl)ccc1-n1cc(Cl)nn1.O=Cc1cc(Cl)ccc1-n1cc(Cl)nn1.O=Cc1cc(Cl)ccc1F.[N-]=[N+]=Nc1ccc(Cl)cc1C=O. The Labute approximate surface area is 842 Å². The largest absolute Gasteiger partial charge is 0.500 e. The van der Waals surface area contributed by atoms with Gasteiger partial charge in [-0.15, -0.1) is 30.6 Å². The molecule has 0 atom stereocenters. The van der Waals surface area contributed by atoms with Gasteiger partial charge < -0.3 is 23.7 Å². The minimum atomic E-state index is -1.49. The number of azide groups is 1. The van der Waals surface area contributed by atoms with Crippen LogP contribution in [0.5, 0.6) is 5.75 Å². The smallest absolute Gasteiger partial charge is 0.337 e. The Bertz CT molecular complexity index is 7040. The molecule has 15 aromatic rings. The number of esters is 2. The summed E-state index contributed by atoms with van der Waals surface area (Å²) in [6, 6.07) is 38.1. The fraction of sp³-hybridized carbons (Fsp3) is 0.0833. The third-order valence-electron chi connectivity index (χ3n) is 16.6. The van der Waals surface area contributed by atoms with Crippen LogP contribution in [-0.2, 0) is 23.9 Å². The Morgan fingerprint density at radius 1 is 0.467 bits per heavy atom. The molecule has 0 amide bonds. The number of carbonyl (C=O) groups excluding carboxylic acids is 9. The average Bonchev–Trinajstić information content (AvgIpc) is 1.77. The normalized spacial score (nSPS) is 10.5. The summed E-state index contributed by atoms with van der Waals surface area (Å²) in [6.07, 6.45) is 13.1. The molecule has 0 aliphatic rings. The van der Waals surface area contributed by atoms with Gasteiger partial charge in [0.1, 0.15) is 32.2 Å². The van der Waals surface area contributed by atoms with Gasteiger partial charge in [-0.25, -0.2) is 37.3 Å². The molecule has 137 heavy (non-hydrogen) atoms. The summed E-state index contributed by atoms with van der Waals surface area (Å²) in [6.45, 7) is 8.91. The van der Waals surface area contributed by atoms with Crippen LogP contribution < -0.4 is 15.5 Å². The molecule has 0 spiro atoms. The number of hydrogen-bond acceptors (Lipinski definition) is 28. The lowest BCUT2D eigenvalue weighted by Crippen LogP contribution is -2.38. The average molecular weight is 2160 g/mol. The highest BCUT2D eigenvalue weighted by Gasteiger charge is 2.26. The highest BCUT2D eigenvalue weighted by atomic mass is 35.5. The van der Waals surface area contributed by atoms with E-state index in [4.69, 9.17) is 192 Å². The number of Topliss-reactive ketones (excluding diaryl/α,β-unsaturated/α-hetero) is 2. The number of carboxylic acids is 1. The molecule has 0 fully saturated rings. The molecule has 37 nitrogen and oxygen atoms in total. The first-order chi connectivity index (χ1) is 65.0. The lowest BCUT2D eigenvalue weighted by Gasteiger charge is -2.10. The van der Waals surface area contributed by atoms with E-state index in [0.717, 1.165) is 37.1 Å². The molecule has 0 saturated carbocycles. The molecule has 0 aliphatic heterocycles. The van der Waals surface area contributed by atoms with Gasteiger partial charge in [-0.2, -0.15) is 0 Å². The van der Waals surface area contributed by atoms with Crippen molar-refractivity contribution in [2.24, 2.45) is 5.11 Å². The number of nitrogens with zero attached hydrogens (tertiary/aromatic N) is 21. The van der Waals surface area contributed by atoms with Crippen molar-refractivity contribution in [1.29, 1.82) is 0 Å². The fourth-order valence-electron chi connectivity index (χ4n) is 10.6. The molecule has 1 N–H and O–H groups in total. The number of hydrogen-bond donors (Lipinski definition) is 1. The number of ether oxygens (including phenoxy) is 3. The monoisotopic (exact) mass is 2150 g/mol. The Morgan fingerprint density at radius 2 is 0.832 bits per heavy atom. The number of rotatable bonds is 22. The van der Waals surface area contributed by atoms with Crippen LogP contribution in [0.1, 0.15) is 92.8 Å². The van der Waals surface area contributed by atoms with E-state index in [1.54, 1.807) is 95.7 Å². The molecule has 0 radical (unpaired) electrons. The van der Waals surface area contributed by atoms with Crippen molar-refractivity contribution < 1.29 is 76.1 Å². The number of halogens is 15. The van der Waals surface area contributed by atoms with Gasteiger partial charge in [0.25, 0.3) is 5.24 Å². The summed E-state index contributed by atoms with van der Waals surface area (Å²) in [5, 5.41) is 62.3. The summed E-state index contributed by atoms with van der Waals surface area (Å²) in [4.78, 5) is 126. The van der Waals surface area contributed by atoms with E-state index in [1.165, 1.54) is 123 Å². The zero-order valence-corrected chi connectivity index (χ0v) is 81.8. The Kier molecular flexibility index (Phi) is 41.5. The van der Waals surface area contributed by atoms with E-state index < -0.39 is 60.5 Å². The van der Waals surface area contributed by atoms with Gasteiger partial charge >= 0.3 is 17.9 Å². The molecule has 15 rings (SSSR count). The number of aromatic carboxylic acids is 1. The van der Waals surface area contributed by atoms with Crippen LogP contribution in [0.4, 0.5) is 10.1 Å². The minimum Gasteiger partial charge on any atom is -0.500 e. The second kappa shape index (κ2) is 52.1. The molecule has 7 heterocycles. The first-order valence-corrected chi connectivity index (χ1v) is 46.3. The van der Waals surface area contributed by atoms with Gasteiger partial charge in [0, 0.05) is 105 Å². The molecule has 0 saturated heterocycles. The van der Waals surface area contributed by atoms with Crippen molar-refractivity contribution in [2.45, 2.75) is 39.9 Å². The summed E-state index contributed by atoms with van der Waals surface area (Å²) in [5.74, 6) is -4.60. The van der Waals surface area contributed by atoms with E-state index in [-0.39, 0.29) is 71.0 Å². The van der Waals surface area contributed by atoms with E-state index in [9.17, 15) is 57.1 Å². The number of aromatic nitrogens is 18. The fourth-order valence-corrected chi connectivity index (χ4v) is 13.7. The van der Waals surface area contributed by atoms with E-state index in [0.29, 0.717) is 115 Å². The molecule has 8 aromatic carbocycles. The van der Waals surface area contributed by atoms with Gasteiger partial charge in [0.2, 0.25) is 22.7 Å². The Hall–Kier alpha value is -13.3. The number of carbonyl (C=O) groups is 10. The standard InChI is InChI=1S/C16H13Cl2N3O5.C15H9Cl2N3O4.C12H14ClN3OSi.C9H4Cl3N3O.C9H5Cl2N3O2.C9H5Cl2N3O.C7H4ClFO.C7H4ClN3O/c1-9(22)26-15(8-25-2)14(24)6-13(23)11-5-10(17)3-4-12(11)21-7-16(18)19-20-21;1-8(21)24-14-7-23-13(5-12(14)22)10-4-9(16)2-3-11(10)20-6-15(17)18-19-20;1-18(2,3)12-7-16(15-14-12)11-5-4-10(13)6-9(11)8-17;10-5-1-2-7(6(3-5)9(12)16)15-4-8(11)13-14-15;10-5-1-2-7(6(3-5)9(15)16)14-4-8(11)12-13-14;10-7-1-2-8(6(3-7)5-15)14-4-9(11)12-13-14;8-6-1-2-7(9)5(3-6)4-10;8-6-1-2-7(10-11-9)5(3-6)4-12/h3-5,7-8H,6H2,1-2H3;2-7H,1H3;4-8H,1-3H3;1-4H;1-4H,(H,15,16);1-5H;1-4H;1-4H/b15-8-;;;;;;;. The lowest BCUT2D eigenvalue weighted by molar-refractivity contribution is -0.140. The first kappa shape index (κ1) is 109. The van der Waals surface area contributed by atoms with Gasteiger partial charge in [-0.3, -0.25) is 47.9 Å². The van der Waals surface area contributed by atoms with Crippen LogP contribution in [0.2, 0.25) is 85.6 Å². The maximum absolute atomic E-state index is 12.6. The molecule has 7 aromatic heterocycles. The minimum absolute atomic E-state index is 0.00694. The molecule has 0 bridgehead atoms. The predicted molar refractivity (Wildman–Crippen MR) is 513 cm³/mol.